The number of amides is 1. The van der Waals surface area contributed by atoms with Gasteiger partial charge in [0.05, 0.1) is 5.69 Å². The average Bonchev–Trinajstić information content (AvgIpc) is 2.90. The van der Waals surface area contributed by atoms with Crippen molar-refractivity contribution < 1.29 is 4.79 Å². The van der Waals surface area contributed by atoms with Crippen LogP contribution in [-0.2, 0) is 11.3 Å². The van der Waals surface area contributed by atoms with Gasteiger partial charge < -0.3 is 5.32 Å². The molecule has 1 aromatic carbocycles. The summed E-state index contributed by atoms with van der Waals surface area (Å²) in [5.74, 6) is 0.118. The summed E-state index contributed by atoms with van der Waals surface area (Å²) in [6.07, 6.45) is 0. The van der Waals surface area contributed by atoms with Crippen molar-refractivity contribution in [3.63, 3.8) is 0 Å². The minimum Gasteiger partial charge on any atom is -0.324 e. The van der Waals surface area contributed by atoms with Gasteiger partial charge in [-0.05, 0) is 50.2 Å². The molecule has 7 nitrogen and oxygen atoms in total. The summed E-state index contributed by atoms with van der Waals surface area (Å²) in [5.41, 5.74) is 1.96. The number of carbonyl (C=O) groups is 1. The molecule has 0 bridgehead atoms. The first-order valence-corrected chi connectivity index (χ1v) is 7.97. The standard InChI is InChI=1S/C17H16ClN5O2/c1-11-9-12(2)23(20-11)15-7-8-17(25)22(21-15)10-16(24)19-14-5-3-13(18)4-6-14/h3-9H,10H2,1-2H3,(H,19,24). The first-order chi connectivity index (χ1) is 11.9. The largest absolute Gasteiger partial charge is 0.324 e. The van der Waals surface area contributed by atoms with Gasteiger partial charge in [0.25, 0.3) is 5.56 Å². The number of hydrogen-bond donors (Lipinski definition) is 1. The zero-order valence-corrected chi connectivity index (χ0v) is 14.5. The highest BCUT2D eigenvalue weighted by atomic mass is 35.5. The van der Waals surface area contributed by atoms with E-state index < -0.39 is 0 Å². The lowest BCUT2D eigenvalue weighted by Crippen LogP contribution is -2.30. The Balaban J connectivity index is 1.81. The van der Waals surface area contributed by atoms with Crippen molar-refractivity contribution >= 4 is 23.2 Å². The van der Waals surface area contributed by atoms with Gasteiger partial charge >= 0.3 is 0 Å². The SMILES string of the molecule is Cc1cc(C)n(-c2ccc(=O)n(CC(=O)Nc3ccc(Cl)cc3)n2)n1. The van der Waals surface area contributed by atoms with Crippen LogP contribution in [0.3, 0.4) is 0 Å². The molecule has 0 atom stereocenters. The van der Waals surface area contributed by atoms with Crippen LogP contribution in [0.5, 0.6) is 0 Å². The number of hydrogen-bond acceptors (Lipinski definition) is 4. The highest BCUT2D eigenvalue weighted by molar-refractivity contribution is 6.30. The molecule has 8 heteroatoms. The van der Waals surface area contributed by atoms with Gasteiger partial charge in [0.1, 0.15) is 6.54 Å². The smallest absolute Gasteiger partial charge is 0.267 e. The van der Waals surface area contributed by atoms with Crippen molar-refractivity contribution in [2.45, 2.75) is 20.4 Å². The van der Waals surface area contributed by atoms with Gasteiger partial charge in [-0.25, -0.2) is 9.36 Å². The zero-order chi connectivity index (χ0) is 18.0. The second-order valence-corrected chi connectivity index (χ2v) is 6.02. The Morgan fingerprint density at radius 2 is 1.84 bits per heavy atom. The molecule has 3 rings (SSSR count). The molecule has 3 aromatic rings. The monoisotopic (exact) mass is 357 g/mol. The highest BCUT2D eigenvalue weighted by Crippen LogP contribution is 2.13. The number of aryl methyl sites for hydroxylation is 2. The van der Waals surface area contributed by atoms with E-state index in [1.165, 1.54) is 6.07 Å². The van der Waals surface area contributed by atoms with E-state index in [0.717, 1.165) is 16.1 Å². The van der Waals surface area contributed by atoms with E-state index in [0.29, 0.717) is 16.5 Å². The van der Waals surface area contributed by atoms with Crippen LogP contribution in [-0.4, -0.2) is 25.5 Å². The van der Waals surface area contributed by atoms with Crippen LogP contribution in [0.1, 0.15) is 11.4 Å². The Labute approximate surface area is 148 Å². The Bertz CT molecular complexity index is 975. The molecule has 0 radical (unpaired) electrons. The molecule has 25 heavy (non-hydrogen) atoms. The summed E-state index contributed by atoms with van der Waals surface area (Å²) in [4.78, 5) is 24.2. The normalized spacial score (nSPS) is 10.7. The van der Waals surface area contributed by atoms with E-state index in [-0.39, 0.29) is 18.0 Å². The number of anilines is 1. The average molecular weight is 358 g/mol. The molecule has 2 aromatic heterocycles. The molecule has 0 aliphatic heterocycles. The second kappa shape index (κ2) is 6.90. The van der Waals surface area contributed by atoms with E-state index in [4.69, 9.17) is 11.6 Å². The summed E-state index contributed by atoms with van der Waals surface area (Å²) < 4.78 is 2.74. The van der Waals surface area contributed by atoms with Crippen molar-refractivity contribution in [3.8, 4) is 5.82 Å². The number of benzene rings is 1. The van der Waals surface area contributed by atoms with E-state index in [9.17, 15) is 9.59 Å². The van der Waals surface area contributed by atoms with Crippen LogP contribution < -0.4 is 10.9 Å². The lowest BCUT2D eigenvalue weighted by Gasteiger charge is -2.09. The first-order valence-electron chi connectivity index (χ1n) is 7.59. The maximum atomic E-state index is 12.2. The van der Waals surface area contributed by atoms with Crippen molar-refractivity contribution in [3.05, 3.63) is 69.2 Å². The number of rotatable bonds is 4. The zero-order valence-electron chi connectivity index (χ0n) is 13.7. The molecule has 1 N–H and O–H groups in total. The Morgan fingerprint density at radius 3 is 2.48 bits per heavy atom. The fourth-order valence-electron chi connectivity index (χ4n) is 2.39. The lowest BCUT2D eigenvalue weighted by molar-refractivity contribution is -0.117. The molecule has 128 valence electrons. The molecule has 0 aliphatic carbocycles. The minimum absolute atomic E-state index is 0.200. The predicted octanol–water partition coefficient (Wildman–Crippen LogP) is 2.34. The van der Waals surface area contributed by atoms with Crippen LogP contribution in [0.15, 0.2) is 47.3 Å². The number of halogens is 1. The first kappa shape index (κ1) is 16.9. The van der Waals surface area contributed by atoms with E-state index in [1.54, 1.807) is 35.0 Å². The fraction of sp³-hybridized carbons (Fsp3) is 0.176. The lowest BCUT2D eigenvalue weighted by atomic mass is 10.3. The quantitative estimate of drug-likeness (QED) is 0.777. The molecule has 1 amide bonds. The van der Waals surface area contributed by atoms with Crippen LogP contribution in [0.25, 0.3) is 5.82 Å². The number of aromatic nitrogens is 4. The van der Waals surface area contributed by atoms with E-state index in [2.05, 4.69) is 15.5 Å². The molecular weight excluding hydrogens is 342 g/mol. The highest BCUT2D eigenvalue weighted by Gasteiger charge is 2.10. The van der Waals surface area contributed by atoms with Crippen molar-refractivity contribution in [2.24, 2.45) is 0 Å². The molecular formula is C17H16ClN5O2. The fourth-order valence-corrected chi connectivity index (χ4v) is 2.52. The van der Waals surface area contributed by atoms with Crippen molar-refractivity contribution in [2.75, 3.05) is 5.32 Å². The molecule has 0 saturated heterocycles. The number of nitrogens with zero attached hydrogens (tertiary/aromatic N) is 4. The van der Waals surface area contributed by atoms with Gasteiger partial charge in [0.15, 0.2) is 5.82 Å². The Morgan fingerprint density at radius 1 is 1.12 bits per heavy atom. The van der Waals surface area contributed by atoms with Crippen LogP contribution >= 0.6 is 11.6 Å². The van der Waals surface area contributed by atoms with Gasteiger partial charge in [-0.15, -0.1) is 5.10 Å². The maximum Gasteiger partial charge on any atom is 0.267 e. The van der Waals surface area contributed by atoms with E-state index in [1.807, 2.05) is 19.9 Å². The van der Waals surface area contributed by atoms with Crippen LogP contribution in [0.4, 0.5) is 5.69 Å². The summed E-state index contributed by atoms with van der Waals surface area (Å²) in [6, 6.07) is 11.6. The topological polar surface area (TPSA) is 81.8 Å². The van der Waals surface area contributed by atoms with Crippen LogP contribution in [0.2, 0.25) is 5.02 Å². The molecule has 2 heterocycles. The summed E-state index contributed by atoms with van der Waals surface area (Å²) in [7, 11) is 0. The van der Waals surface area contributed by atoms with Gasteiger partial charge in [-0.2, -0.15) is 5.10 Å². The summed E-state index contributed by atoms with van der Waals surface area (Å²) >= 11 is 5.81. The molecule has 0 saturated carbocycles. The third kappa shape index (κ3) is 3.95. The third-order valence-electron chi connectivity index (χ3n) is 3.50. The molecule has 0 fully saturated rings. The van der Waals surface area contributed by atoms with Crippen molar-refractivity contribution in [1.82, 2.24) is 19.6 Å². The summed E-state index contributed by atoms with van der Waals surface area (Å²) in [6.45, 7) is 3.57. The Hall–Kier alpha value is -2.93. The predicted molar refractivity (Wildman–Crippen MR) is 95.2 cm³/mol. The van der Waals surface area contributed by atoms with Crippen LogP contribution in [0, 0.1) is 13.8 Å². The van der Waals surface area contributed by atoms with Gasteiger partial charge in [0.2, 0.25) is 5.91 Å². The number of carbonyl (C=O) groups excluding carboxylic acids is 1. The van der Waals surface area contributed by atoms with Gasteiger partial charge in [0, 0.05) is 22.5 Å². The van der Waals surface area contributed by atoms with Gasteiger partial charge in [-0.3, -0.25) is 9.59 Å². The van der Waals surface area contributed by atoms with Crippen molar-refractivity contribution in [1.29, 1.82) is 0 Å². The third-order valence-corrected chi connectivity index (χ3v) is 3.75. The van der Waals surface area contributed by atoms with Gasteiger partial charge in [-0.1, -0.05) is 11.6 Å². The maximum absolute atomic E-state index is 12.2. The molecule has 0 aliphatic rings. The van der Waals surface area contributed by atoms with E-state index >= 15 is 0 Å². The number of nitrogens with one attached hydrogen (secondary N) is 1. The second-order valence-electron chi connectivity index (χ2n) is 5.58. The minimum atomic E-state index is -0.364. The molecule has 0 unspecified atom stereocenters. The molecule has 0 spiro atoms. The Kier molecular flexibility index (Phi) is 4.67. The summed E-state index contributed by atoms with van der Waals surface area (Å²) in [5, 5.41) is 11.8.